The van der Waals surface area contributed by atoms with Gasteiger partial charge in [-0.15, -0.1) is 0 Å². The number of likely N-dealkylation sites (N-methyl/N-ethyl adjacent to an activating group) is 1. The molecule has 23 heavy (non-hydrogen) atoms. The topological polar surface area (TPSA) is 35.9 Å². The van der Waals surface area contributed by atoms with Crippen LogP contribution < -0.4 is 4.90 Å². The lowest BCUT2D eigenvalue weighted by Crippen LogP contribution is -2.36. The van der Waals surface area contributed by atoms with Crippen molar-refractivity contribution < 1.29 is 9.84 Å². The molecule has 3 atom stereocenters. The molecule has 4 rings (SSSR count). The van der Waals surface area contributed by atoms with Crippen LogP contribution in [0.1, 0.15) is 18.9 Å². The van der Waals surface area contributed by atoms with Crippen molar-refractivity contribution in [3.63, 3.8) is 0 Å². The summed E-state index contributed by atoms with van der Waals surface area (Å²) in [7, 11) is 0. The highest BCUT2D eigenvalue weighted by Gasteiger charge is 2.68. The SMILES string of the molecule is CCN1CC2C(CCO)C2(c2ccc(N3CCOCC3)cc2)C1. The van der Waals surface area contributed by atoms with E-state index in [1.807, 2.05) is 0 Å². The van der Waals surface area contributed by atoms with E-state index < -0.39 is 0 Å². The Labute approximate surface area is 139 Å². The van der Waals surface area contributed by atoms with Gasteiger partial charge in [-0.1, -0.05) is 19.1 Å². The maximum Gasteiger partial charge on any atom is 0.0642 e. The van der Waals surface area contributed by atoms with Gasteiger partial charge in [0.2, 0.25) is 0 Å². The Hall–Kier alpha value is -1.10. The Kier molecular flexibility index (Phi) is 4.08. The minimum absolute atomic E-state index is 0.308. The van der Waals surface area contributed by atoms with Gasteiger partial charge in [-0.05, 0) is 42.5 Å². The van der Waals surface area contributed by atoms with Crippen molar-refractivity contribution in [2.45, 2.75) is 18.8 Å². The summed E-state index contributed by atoms with van der Waals surface area (Å²) >= 11 is 0. The number of piperidine rings is 1. The van der Waals surface area contributed by atoms with Crippen LogP contribution in [-0.2, 0) is 10.2 Å². The molecule has 126 valence electrons. The predicted octanol–water partition coefficient (Wildman–Crippen LogP) is 1.72. The van der Waals surface area contributed by atoms with Crippen LogP contribution >= 0.6 is 0 Å². The Morgan fingerprint density at radius 3 is 2.61 bits per heavy atom. The summed E-state index contributed by atoms with van der Waals surface area (Å²) in [6.45, 7) is 9.71. The van der Waals surface area contributed by atoms with Gasteiger partial charge >= 0.3 is 0 Å². The number of fused-ring (bicyclic) bond motifs is 1. The zero-order valence-corrected chi connectivity index (χ0v) is 14.1. The molecular formula is C19H28N2O2. The number of hydrogen-bond donors (Lipinski definition) is 1. The quantitative estimate of drug-likeness (QED) is 0.897. The highest BCUT2D eigenvalue weighted by molar-refractivity contribution is 5.51. The molecule has 1 aromatic carbocycles. The second-order valence-corrected chi connectivity index (χ2v) is 7.24. The van der Waals surface area contributed by atoms with Crippen molar-refractivity contribution in [1.29, 1.82) is 0 Å². The van der Waals surface area contributed by atoms with Crippen molar-refractivity contribution in [3.8, 4) is 0 Å². The Morgan fingerprint density at radius 2 is 1.96 bits per heavy atom. The van der Waals surface area contributed by atoms with Gasteiger partial charge in [0, 0.05) is 43.9 Å². The van der Waals surface area contributed by atoms with E-state index in [4.69, 9.17) is 4.74 Å². The molecular weight excluding hydrogens is 288 g/mol. The number of hydrogen-bond acceptors (Lipinski definition) is 4. The molecule has 0 aromatic heterocycles. The zero-order chi connectivity index (χ0) is 15.9. The molecule has 0 bridgehead atoms. The minimum Gasteiger partial charge on any atom is -0.396 e. The molecule has 0 radical (unpaired) electrons. The van der Waals surface area contributed by atoms with E-state index in [9.17, 15) is 5.11 Å². The van der Waals surface area contributed by atoms with Gasteiger partial charge in [-0.2, -0.15) is 0 Å². The van der Waals surface area contributed by atoms with E-state index in [-0.39, 0.29) is 0 Å². The predicted molar refractivity (Wildman–Crippen MR) is 91.9 cm³/mol. The largest absolute Gasteiger partial charge is 0.396 e. The summed E-state index contributed by atoms with van der Waals surface area (Å²) in [5, 5.41) is 9.40. The van der Waals surface area contributed by atoms with Crippen LogP contribution in [0.25, 0.3) is 0 Å². The summed E-state index contributed by atoms with van der Waals surface area (Å²) < 4.78 is 5.44. The summed E-state index contributed by atoms with van der Waals surface area (Å²) in [6.07, 6.45) is 0.952. The average molecular weight is 316 g/mol. The van der Waals surface area contributed by atoms with E-state index in [1.165, 1.54) is 17.8 Å². The number of aliphatic hydroxyl groups is 1. The molecule has 1 aliphatic carbocycles. The second-order valence-electron chi connectivity index (χ2n) is 7.24. The molecule has 2 saturated heterocycles. The normalized spacial score (nSPS) is 33.7. The first kappa shape index (κ1) is 15.4. The second kappa shape index (κ2) is 6.08. The van der Waals surface area contributed by atoms with Gasteiger partial charge in [-0.3, -0.25) is 0 Å². The van der Waals surface area contributed by atoms with E-state index in [2.05, 4.69) is 41.0 Å². The Balaban J connectivity index is 1.54. The minimum atomic E-state index is 0.308. The fourth-order valence-electron chi connectivity index (χ4n) is 5.00. The zero-order valence-electron chi connectivity index (χ0n) is 14.1. The smallest absolute Gasteiger partial charge is 0.0642 e. The number of nitrogens with zero attached hydrogens (tertiary/aromatic N) is 2. The molecule has 0 amide bonds. The first-order valence-corrected chi connectivity index (χ1v) is 9.06. The molecule has 3 fully saturated rings. The molecule has 4 heteroatoms. The number of likely N-dealkylation sites (tertiary alicyclic amines) is 1. The monoisotopic (exact) mass is 316 g/mol. The third-order valence-corrected chi connectivity index (χ3v) is 6.31. The van der Waals surface area contributed by atoms with Crippen molar-refractivity contribution in [2.24, 2.45) is 11.8 Å². The van der Waals surface area contributed by atoms with Crippen LogP contribution in [0.5, 0.6) is 0 Å². The number of anilines is 1. The van der Waals surface area contributed by atoms with Crippen LogP contribution in [0, 0.1) is 11.8 Å². The third kappa shape index (κ3) is 2.48. The van der Waals surface area contributed by atoms with Gasteiger partial charge in [0.1, 0.15) is 0 Å². The standard InChI is InChI=1S/C19H28N2O2/c1-2-20-13-18-17(7-10-22)19(18,14-20)15-3-5-16(6-4-15)21-8-11-23-12-9-21/h3-6,17-18,22H,2,7-14H2,1H3. The molecule has 2 heterocycles. The molecule has 4 nitrogen and oxygen atoms in total. The van der Waals surface area contributed by atoms with Crippen molar-refractivity contribution in [1.82, 2.24) is 4.90 Å². The molecule has 0 spiro atoms. The summed E-state index contributed by atoms with van der Waals surface area (Å²) in [5.74, 6) is 1.41. The molecule has 1 saturated carbocycles. The molecule has 1 N–H and O–H groups in total. The maximum absolute atomic E-state index is 9.40. The third-order valence-electron chi connectivity index (χ3n) is 6.31. The molecule has 3 unspecified atom stereocenters. The highest BCUT2D eigenvalue weighted by Crippen LogP contribution is 2.65. The first-order chi connectivity index (χ1) is 11.3. The molecule has 2 aliphatic heterocycles. The van der Waals surface area contributed by atoms with E-state index >= 15 is 0 Å². The molecule has 3 aliphatic rings. The van der Waals surface area contributed by atoms with E-state index in [1.54, 1.807) is 0 Å². The van der Waals surface area contributed by atoms with Crippen LogP contribution in [-0.4, -0.2) is 62.6 Å². The Morgan fingerprint density at radius 1 is 1.22 bits per heavy atom. The van der Waals surface area contributed by atoms with Crippen LogP contribution in [0.4, 0.5) is 5.69 Å². The lowest BCUT2D eigenvalue weighted by atomic mass is 9.91. The van der Waals surface area contributed by atoms with Crippen molar-refractivity contribution >= 4 is 5.69 Å². The fourth-order valence-corrected chi connectivity index (χ4v) is 5.00. The number of benzene rings is 1. The maximum atomic E-state index is 9.40. The Bertz CT molecular complexity index is 541. The fraction of sp³-hybridized carbons (Fsp3) is 0.684. The van der Waals surface area contributed by atoms with Gasteiger partial charge in [0.25, 0.3) is 0 Å². The van der Waals surface area contributed by atoms with E-state index in [0.29, 0.717) is 17.9 Å². The van der Waals surface area contributed by atoms with Crippen LogP contribution in [0.3, 0.4) is 0 Å². The van der Waals surface area contributed by atoms with E-state index in [0.717, 1.165) is 51.7 Å². The van der Waals surface area contributed by atoms with Gasteiger partial charge < -0.3 is 19.6 Å². The first-order valence-electron chi connectivity index (χ1n) is 9.06. The molecule has 1 aromatic rings. The lowest BCUT2D eigenvalue weighted by Gasteiger charge is -2.29. The number of rotatable bonds is 5. The lowest BCUT2D eigenvalue weighted by molar-refractivity contribution is 0.122. The van der Waals surface area contributed by atoms with Crippen LogP contribution in [0.2, 0.25) is 0 Å². The highest BCUT2D eigenvalue weighted by atomic mass is 16.5. The number of aliphatic hydroxyl groups excluding tert-OH is 1. The van der Waals surface area contributed by atoms with Gasteiger partial charge in [0.05, 0.1) is 13.2 Å². The summed E-state index contributed by atoms with van der Waals surface area (Å²) in [6, 6.07) is 9.26. The number of ether oxygens (including phenoxy) is 1. The van der Waals surface area contributed by atoms with Crippen molar-refractivity contribution in [3.05, 3.63) is 29.8 Å². The summed E-state index contributed by atoms with van der Waals surface area (Å²) in [4.78, 5) is 4.97. The van der Waals surface area contributed by atoms with Crippen molar-refractivity contribution in [2.75, 3.05) is 57.4 Å². The average Bonchev–Trinajstić information content (AvgIpc) is 3.03. The number of morpholine rings is 1. The summed E-state index contributed by atoms with van der Waals surface area (Å²) in [5.41, 5.74) is 3.10. The van der Waals surface area contributed by atoms with Gasteiger partial charge in [-0.25, -0.2) is 0 Å². The van der Waals surface area contributed by atoms with Crippen LogP contribution in [0.15, 0.2) is 24.3 Å². The van der Waals surface area contributed by atoms with Gasteiger partial charge in [0.15, 0.2) is 0 Å².